The molecule has 1 amide bonds. The minimum Gasteiger partial charge on any atom is -0.395 e. The first kappa shape index (κ1) is 17.6. The highest BCUT2D eigenvalue weighted by Crippen LogP contribution is 2.31. The summed E-state index contributed by atoms with van der Waals surface area (Å²) >= 11 is 11.8. The summed E-state index contributed by atoms with van der Waals surface area (Å²) in [5.41, 5.74) is -0.413. The second kappa shape index (κ2) is 8.14. The molecule has 1 rings (SSSR count). The fourth-order valence-corrected chi connectivity index (χ4v) is 2.05. The monoisotopic (exact) mass is 336 g/mol. The van der Waals surface area contributed by atoms with Crippen molar-refractivity contribution in [1.82, 2.24) is 4.90 Å². The number of benzene rings is 1. The van der Waals surface area contributed by atoms with Crippen LogP contribution in [0.3, 0.4) is 0 Å². The van der Waals surface area contributed by atoms with Gasteiger partial charge in [0.2, 0.25) is 0 Å². The van der Waals surface area contributed by atoms with Crippen molar-refractivity contribution in [3.05, 3.63) is 37.9 Å². The number of nitro benzene ring substituents is 1. The highest BCUT2D eigenvalue weighted by atomic mass is 35.5. The lowest BCUT2D eigenvalue weighted by Crippen LogP contribution is -2.36. The zero-order valence-electron chi connectivity index (χ0n) is 11.2. The molecular formula is C12H14Cl2N2O5. The zero-order valence-corrected chi connectivity index (χ0v) is 12.7. The molecule has 0 atom stereocenters. The van der Waals surface area contributed by atoms with E-state index >= 15 is 0 Å². The maximum atomic E-state index is 12.4. The Morgan fingerprint density at radius 3 is 2.62 bits per heavy atom. The van der Waals surface area contributed by atoms with E-state index in [1.165, 1.54) is 12.0 Å². The predicted molar refractivity (Wildman–Crippen MR) is 78.0 cm³/mol. The summed E-state index contributed by atoms with van der Waals surface area (Å²) in [5, 5.41) is 19.7. The van der Waals surface area contributed by atoms with Crippen molar-refractivity contribution in [2.24, 2.45) is 0 Å². The topological polar surface area (TPSA) is 92.9 Å². The fraction of sp³-hybridized carbons (Fsp3) is 0.417. The Hall–Kier alpha value is -1.41. The standard InChI is InChI=1S/C12H14Cl2N2O5/c1-21-5-3-15(2-4-17)12(18)9-6-8(16(19)20)7-10(13)11(9)14/h6-7,17H,2-5H2,1H3. The van der Waals surface area contributed by atoms with Crippen LogP contribution >= 0.6 is 23.2 Å². The molecule has 1 aromatic carbocycles. The third-order valence-electron chi connectivity index (χ3n) is 2.68. The van der Waals surface area contributed by atoms with Crippen molar-refractivity contribution in [3.8, 4) is 0 Å². The number of rotatable bonds is 7. The number of ether oxygens (including phenoxy) is 1. The lowest BCUT2D eigenvalue weighted by Gasteiger charge is -2.22. The number of methoxy groups -OCH3 is 1. The molecule has 21 heavy (non-hydrogen) atoms. The van der Waals surface area contributed by atoms with Crippen LogP contribution in [0.1, 0.15) is 10.4 Å². The Kier molecular flexibility index (Phi) is 6.83. The first-order chi connectivity index (χ1) is 9.92. The second-order valence-corrected chi connectivity index (χ2v) is 4.84. The number of nitro groups is 1. The van der Waals surface area contributed by atoms with E-state index in [4.69, 9.17) is 33.0 Å². The van der Waals surface area contributed by atoms with Crippen LogP contribution in [0.2, 0.25) is 10.0 Å². The molecular weight excluding hydrogens is 323 g/mol. The van der Waals surface area contributed by atoms with Crippen molar-refractivity contribution < 1.29 is 19.6 Å². The van der Waals surface area contributed by atoms with E-state index in [2.05, 4.69) is 0 Å². The van der Waals surface area contributed by atoms with Gasteiger partial charge in [0.15, 0.2) is 0 Å². The van der Waals surface area contributed by atoms with Gasteiger partial charge in [0, 0.05) is 32.3 Å². The van der Waals surface area contributed by atoms with Crippen LogP contribution in [0.15, 0.2) is 12.1 Å². The lowest BCUT2D eigenvalue weighted by atomic mass is 10.1. The molecule has 0 spiro atoms. The number of nitrogens with zero attached hydrogens (tertiary/aromatic N) is 2. The summed E-state index contributed by atoms with van der Waals surface area (Å²) < 4.78 is 4.88. The van der Waals surface area contributed by atoms with Gasteiger partial charge in [0.1, 0.15) is 0 Å². The third kappa shape index (κ3) is 4.53. The van der Waals surface area contributed by atoms with E-state index in [0.29, 0.717) is 0 Å². The van der Waals surface area contributed by atoms with Crippen molar-refractivity contribution in [3.63, 3.8) is 0 Å². The van der Waals surface area contributed by atoms with Gasteiger partial charge in [0.05, 0.1) is 33.7 Å². The Balaban J connectivity index is 3.16. The van der Waals surface area contributed by atoms with Crippen LogP contribution in [-0.2, 0) is 4.74 Å². The number of hydrogen-bond donors (Lipinski definition) is 1. The largest absolute Gasteiger partial charge is 0.395 e. The van der Waals surface area contributed by atoms with Gasteiger partial charge in [-0.15, -0.1) is 0 Å². The molecule has 0 aromatic heterocycles. The molecule has 9 heteroatoms. The number of hydrogen-bond acceptors (Lipinski definition) is 5. The molecule has 0 aliphatic heterocycles. The number of amides is 1. The molecule has 0 aliphatic carbocycles. The summed E-state index contributed by atoms with van der Waals surface area (Å²) in [4.78, 5) is 23.8. The molecule has 0 unspecified atom stereocenters. The number of carbonyl (C=O) groups is 1. The van der Waals surface area contributed by atoms with E-state index in [1.54, 1.807) is 0 Å². The number of aliphatic hydroxyl groups excluding tert-OH is 1. The van der Waals surface area contributed by atoms with E-state index < -0.39 is 10.8 Å². The minimum absolute atomic E-state index is 0.0544. The SMILES string of the molecule is COCCN(CCO)C(=O)c1cc([N+](=O)[O-])cc(Cl)c1Cl. The Bertz CT molecular complexity index is 539. The van der Waals surface area contributed by atoms with Crippen molar-refractivity contribution >= 4 is 34.8 Å². The molecule has 0 aliphatic rings. The van der Waals surface area contributed by atoms with Crippen molar-refractivity contribution in [1.29, 1.82) is 0 Å². The van der Waals surface area contributed by atoms with E-state index in [0.717, 1.165) is 12.1 Å². The van der Waals surface area contributed by atoms with Crippen LogP contribution in [0.5, 0.6) is 0 Å². The predicted octanol–water partition coefficient (Wildman–Crippen LogP) is 1.98. The van der Waals surface area contributed by atoms with Crippen LogP contribution in [-0.4, -0.2) is 54.3 Å². The number of aliphatic hydroxyl groups is 1. The molecule has 0 saturated heterocycles. The Morgan fingerprint density at radius 2 is 2.10 bits per heavy atom. The summed E-state index contributed by atoms with van der Waals surface area (Å²) in [5.74, 6) is -0.559. The number of non-ortho nitro benzene ring substituents is 1. The van der Waals surface area contributed by atoms with Gasteiger partial charge in [-0.25, -0.2) is 0 Å². The molecule has 1 N–H and O–H groups in total. The van der Waals surface area contributed by atoms with Gasteiger partial charge >= 0.3 is 0 Å². The molecule has 7 nitrogen and oxygen atoms in total. The van der Waals surface area contributed by atoms with Crippen LogP contribution in [0.25, 0.3) is 0 Å². The average molecular weight is 337 g/mol. The van der Waals surface area contributed by atoms with E-state index in [1.807, 2.05) is 0 Å². The van der Waals surface area contributed by atoms with Gasteiger partial charge in [0.25, 0.3) is 11.6 Å². The molecule has 0 radical (unpaired) electrons. The summed E-state index contributed by atoms with van der Waals surface area (Å²) in [6.45, 7) is 0.271. The molecule has 0 heterocycles. The highest BCUT2D eigenvalue weighted by molar-refractivity contribution is 6.44. The maximum absolute atomic E-state index is 12.4. The van der Waals surface area contributed by atoms with Gasteiger partial charge in [-0.05, 0) is 0 Å². The van der Waals surface area contributed by atoms with Gasteiger partial charge < -0.3 is 14.7 Å². The summed E-state index contributed by atoms with van der Waals surface area (Å²) in [7, 11) is 1.47. The van der Waals surface area contributed by atoms with Crippen molar-refractivity contribution in [2.45, 2.75) is 0 Å². The molecule has 0 bridgehead atoms. The van der Waals surface area contributed by atoms with Gasteiger partial charge in [-0.2, -0.15) is 0 Å². The summed E-state index contributed by atoms with van der Waals surface area (Å²) in [6.07, 6.45) is 0. The van der Waals surface area contributed by atoms with Gasteiger partial charge in [-0.3, -0.25) is 14.9 Å². The smallest absolute Gasteiger partial charge is 0.271 e. The van der Waals surface area contributed by atoms with Crippen molar-refractivity contribution in [2.75, 3.05) is 33.4 Å². The molecule has 0 fully saturated rings. The fourth-order valence-electron chi connectivity index (χ4n) is 1.64. The normalized spacial score (nSPS) is 10.5. The minimum atomic E-state index is -0.662. The average Bonchev–Trinajstić information content (AvgIpc) is 2.45. The molecule has 0 saturated carbocycles. The molecule has 116 valence electrons. The van der Waals surface area contributed by atoms with Crippen LogP contribution < -0.4 is 0 Å². The van der Waals surface area contributed by atoms with Crippen LogP contribution in [0.4, 0.5) is 5.69 Å². The molecule has 1 aromatic rings. The summed E-state index contributed by atoms with van der Waals surface area (Å²) in [6, 6.07) is 2.14. The zero-order chi connectivity index (χ0) is 16.0. The third-order valence-corrected chi connectivity index (χ3v) is 3.48. The van der Waals surface area contributed by atoms with E-state index in [-0.39, 0.29) is 47.6 Å². The lowest BCUT2D eigenvalue weighted by molar-refractivity contribution is -0.384. The van der Waals surface area contributed by atoms with Gasteiger partial charge in [-0.1, -0.05) is 23.2 Å². The Labute approximate surface area is 131 Å². The quantitative estimate of drug-likeness (QED) is 0.607. The van der Waals surface area contributed by atoms with Crippen LogP contribution in [0, 0.1) is 10.1 Å². The highest BCUT2D eigenvalue weighted by Gasteiger charge is 2.23. The number of carbonyl (C=O) groups excluding carboxylic acids is 1. The first-order valence-electron chi connectivity index (χ1n) is 5.94. The van der Waals surface area contributed by atoms with E-state index in [9.17, 15) is 14.9 Å². The first-order valence-corrected chi connectivity index (χ1v) is 6.70. The number of halogens is 2. The maximum Gasteiger partial charge on any atom is 0.271 e. The Morgan fingerprint density at radius 1 is 1.43 bits per heavy atom. The second-order valence-electron chi connectivity index (χ2n) is 4.05.